The first-order valence-electron chi connectivity index (χ1n) is 6.95. The minimum atomic E-state index is -5.01. The van der Waals surface area contributed by atoms with Crippen LogP contribution in [0.4, 0.5) is 18.9 Å². The molecule has 0 aromatic heterocycles. The van der Waals surface area contributed by atoms with Crippen molar-refractivity contribution in [2.24, 2.45) is 0 Å². The molecule has 1 aromatic rings. The molecule has 1 heterocycles. The number of ether oxygens (including phenoxy) is 1. The molecule has 1 aliphatic rings. The van der Waals surface area contributed by atoms with E-state index in [1.807, 2.05) is 0 Å². The van der Waals surface area contributed by atoms with Gasteiger partial charge in [0.15, 0.2) is 10.8 Å². The number of thioether (sulfide) groups is 1. The first-order chi connectivity index (χ1) is 11.7. The maximum Gasteiger partial charge on any atom is 0.475 e. The van der Waals surface area contributed by atoms with Crippen LogP contribution in [0.2, 0.25) is 0 Å². The summed E-state index contributed by atoms with van der Waals surface area (Å²) in [6.07, 6.45) is 0. The number of nitro groups is 1. The fourth-order valence-corrected chi connectivity index (χ4v) is 3.64. The molecule has 0 bridgehead atoms. The molecule has 2 rings (SSSR count). The summed E-state index contributed by atoms with van der Waals surface area (Å²) in [6.45, 7) is 1.67. The summed E-state index contributed by atoms with van der Waals surface area (Å²) in [4.78, 5) is 23.2. The molecule has 7 nitrogen and oxygen atoms in total. The van der Waals surface area contributed by atoms with Crippen LogP contribution in [0.15, 0.2) is 28.0 Å². The molecular formula is C13H13F3N2O5S2. The van der Waals surface area contributed by atoms with Crippen molar-refractivity contribution in [3.63, 3.8) is 0 Å². The maximum atomic E-state index is 12.5. The van der Waals surface area contributed by atoms with Crippen LogP contribution in [0.5, 0.6) is 0 Å². The maximum absolute atomic E-state index is 12.5. The summed E-state index contributed by atoms with van der Waals surface area (Å²) in [7, 11) is -3.36. The number of nitro benzene ring substituents is 1. The van der Waals surface area contributed by atoms with E-state index in [1.54, 1.807) is 4.90 Å². The van der Waals surface area contributed by atoms with E-state index in [-0.39, 0.29) is 16.6 Å². The van der Waals surface area contributed by atoms with Crippen LogP contribution in [0.1, 0.15) is 0 Å². The van der Waals surface area contributed by atoms with Gasteiger partial charge in [-0.1, -0.05) is 0 Å². The van der Waals surface area contributed by atoms with Gasteiger partial charge in [-0.15, -0.1) is 11.8 Å². The van der Waals surface area contributed by atoms with E-state index in [9.17, 15) is 32.3 Å². The number of carbonyl (C=O) groups is 1. The SMILES string of the molecule is O=C(CSc1ccc([S@@](=O)C(F)(F)F)cc1[N+](=O)[O-])N1CCOCC1. The Morgan fingerprint density at radius 3 is 2.56 bits per heavy atom. The summed E-state index contributed by atoms with van der Waals surface area (Å²) in [5.41, 5.74) is -5.62. The van der Waals surface area contributed by atoms with Crippen LogP contribution in [0, 0.1) is 10.1 Å². The van der Waals surface area contributed by atoms with Gasteiger partial charge >= 0.3 is 5.51 Å². The molecule has 1 aromatic carbocycles. The van der Waals surface area contributed by atoms with Crippen LogP contribution in [-0.4, -0.2) is 57.5 Å². The van der Waals surface area contributed by atoms with Crippen LogP contribution >= 0.6 is 11.8 Å². The normalized spacial score (nSPS) is 16.5. The number of morpholine rings is 1. The highest BCUT2D eigenvalue weighted by Crippen LogP contribution is 2.34. The Kier molecular flexibility index (Phi) is 6.41. The van der Waals surface area contributed by atoms with Gasteiger partial charge in [0.25, 0.3) is 5.69 Å². The quantitative estimate of drug-likeness (QED) is 0.429. The number of amides is 1. The Hall–Kier alpha value is -1.66. The lowest BCUT2D eigenvalue weighted by molar-refractivity contribution is -0.387. The highest BCUT2D eigenvalue weighted by atomic mass is 32.2. The molecule has 1 atom stereocenters. The summed E-state index contributed by atoms with van der Waals surface area (Å²) in [5, 5.41) is 11.1. The smallest absolute Gasteiger partial charge is 0.378 e. The second-order valence-corrected chi connectivity index (χ2v) is 7.37. The second-order valence-electron chi connectivity index (χ2n) is 4.88. The number of halogens is 3. The average Bonchev–Trinajstić information content (AvgIpc) is 2.58. The van der Waals surface area contributed by atoms with Gasteiger partial charge in [-0.3, -0.25) is 14.9 Å². The topological polar surface area (TPSA) is 89.8 Å². The number of nitrogens with zero attached hydrogens (tertiary/aromatic N) is 2. The summed E-state index contributed by atoms with van der Waals surface area (Å²) in [6, 6.07) is 2.62. The highest BCUT2D eigenvalue weighted by Gasteiger charge is 2.38. The van der Waals surface area contributed by atoms with E-state index in [1.165, 1.54) is 0 Å². The molecule has 1 amide bonds. The lowest BCUT2D eigenvalue weighted by Crippen LogP contribution is -2.41. The number of benzene rings is 1. The number of hydrogen-bond acceptors (Lipinski definition) is 6. The molecule has 0 N–H and O–H groups in total. The van der Waals surface area contributed by atoms with Crippen LogP contribution in [0.25, 0.3) is 0 Å². The second kappa shape index (κ2) is 8.15. The predicted molar refractivity (Wildman–Crippen MR) is 83.7 cm³/mol. The van der Waals surface area contributed by atoms with Crippen LogP contribution in [-0.2, 0) is 20.3 Å². The third-order valence-electron chi connectivity index (χ3n) is 3.27. The molecule has 0 radical (unpaired) electrons. The van der Waals surface area contributed by atoms with Gasteiger partial charge in [0.2, 0.25) is 5.91 Å². The molecule has 12 heteroatoms. The van der Waals surface area contributed by atoms with E-state index >= 15 is 0 Å². The summed E-state index contributed by atoms with van der Waals surface area (Å²) < 4.78 is 53.9. The number of carbonyl (C=O) groups excluding carboxylic acids is 1. The van der Waals surface area contributed by atoms with E-state index in [4.69, 9.17) is 4.74 Å². The van der Waals surface area contributed by atoms with Crippen LogP contribution in [0.3, 0.4) is 0 Å². The molecule has 0 unspecified atom stereocenters. The molecule has 0 saturated carbocycles. The molecular weight excluding hydrogens is 385 g/mol. The van der Waals surface area contributed by atoms with Crippen LogP contribution < -0.4 is 0 Å². The standard InChI is InChI=1S/C13H13F3N2O5S2/c14-13(15,16)25(22)9-1-2-11(10(7-9)18(20)21)24-8-12(19)17-3-5-23-6-4-17/h1-2,7H,3-6,8H2/t25-/m1/s1. The number of hydrogen-bond donors (Lipinski definition) is 0. The fourth-order valence-electron chi connectivity index (χ4n) is 2.05. The Balaban J connectivity index is 2.13. The summed E-state index contributed by atoms with van der Waals surface area (Å²) >= 11 is 0.851. The molecule has 138 valence electrons. The van der Waals surface area contributed by atoms with Gasteiger partial charge in [-0.2, -0.15) is 13.2 Å². The third kappa shape index (κ3) is 5.16. The molecule has 1 saturated heterocycles. The summed E-state index contributed by atoms with van der Waals surface area (Å²) in [5.74, 6) is -0.340. The van der Waals surface area contributed by atoms with Crippen molar-refractivity contribution in [3.8, 4) is 0 Å². The van der Waals surface area contributed by atoms with E-state index < -0.39 is 31.8 Å². The van der Waals surface area contributed by atoms with Crippen molar-refractivity contribution in [2.45, 2.75) is 15.3 Å². The lowest BCUT2D eigenvalue weighted by Gasteiger charge is -2.26. The zero-order valence-electron chi connectivity index (χ0n) is 12.7. The first-order valence-corrected chi connectivity index (χ1v) is 9.09. The van der Waals surface area contributed by atoms with Gasteiger partial charge in [0.1, 0.15) is 0 Å². The largest absolute Gasteiger partial charge is 0.475 e. The monoisotopic (exact) mass is 398 g/mol. The number of alkyl halides is 3. The average molecular weight is 398 g/mol. The fraction of sp³-hybridized carbons (Fsp3) is 0.462. The van der Waals surface area contributed by atoms with Crippen molar-refractivity contribution >= 4 is 34.2 Å². The van der Waals surface area contributed by atoms with Crippen molar-refractivity contribution in [1.29, 1.82) is 0 Å². The Morgan fingerprint density at radius 1 is 1.36 bits per heavy atom. The van der Waals surface area contributed by atoms with Crippen molar-refractivity contribution in [3.05, 3.63) is 28.3 Å². The van der Waals surface area contributed by atoms with Crippen molar-refractivity contribution in [1.82, 2.24) is 4.90 Å². The van der Waals surface area contributed by atoms with E-state index in [0.29, 0.717) is 32.4 Å². The van der Waals surface area contributed by atoms with E-state index in [0.717, 1.165) is 23.9 Å². The third-order valence-corrected chi connectivity index (χ3v) is 5.42. The Bertz CT molecular complexity index is 693. The highest BCUT2D eigenvalue weighted by molar-refractivity contribution is 8.00. The van der Waals surface area contributed by atoms with Gasteiger partial charge in [0, 0.05) is 19.2 Å². The zero-order valence-corrected chi connectivity index (χ0v) is 14.3. The Morgan fingerprint density at radius 2 is 2.00 bits per heavy atom. The van der Waals surface area contributed by atoms with Crippen molar-refractivity contribution in [2.75, 3.05) is 32.1 Å². The van der Waals surface area contributed by atoms with Crippen molar-refractivity contribution < 1.29 is 31.8 Å². The van der Waals surface area contributed by atoms with Gasteiger partial charge in [-0.05, 0) is 12.1 Å². The minimum absolute atomic E-state index is 0.0366. The zero-order chi connectivity index (χ0) is 18.6. The lowest BCUT2D eigenvalue weighted by atomic mass is 10.3. The molecule has 0 aliphatic carbocycles. The van der Waals surface area contributed by atoms with Gasteiger partial charge in [-0.25, -0.2) is 4.21 Å². The molecule has 1 fully saturated rings. The predicted octanol–water partition coefficient (Wildman–Crippen LogP) is 2.17. The van der Waals surface area contributed by atoms with Gasteiger partial charge in [0.05, 0.1) is 33.7 Å². The minimum Gasteiger partial charge on any atom is -0.378 e. The Labute approximate surface area is 147 Å². The molecule has 1 aliphatic heterocycles. The molecule has 25 heavy (non-hydrogen) atoms. The molecule has 0 spiro atoms. The first kappa shape index (κ1) is 19.7. The number of rotatable bonds is 5. The van der Waals surface area contributed by atoms with E-state index in [2.05, 4.69) is 0 Å². The van der Waals surface area contributed by atoms with Gasteiger partial charge < -0.3 is 9.64 Å².